The molecule has 0 N–H and O–H groups in total. The van der Waals surface area contributed by atoms with Crippen molar-refractivity contribution in [2.24, 2.45) is 0 Å². The zero-order chi connectivity index (χ0) is 13.5. The van der Waals surface area contributed by atoms with Gasteiger partial charge in [0.05, 0.1) is 6.54 Å². The molecule has 1 aliphatic heterocycles. The van der Waals surface area contributed by atoms with Gasteiger partial charge in [-0.15, -0.1) is 0 Å². The molecule has 1 aromatic carbocycles. The van der Waals surface area contributed by atoms with Gasteiger partial charge in [-0.2, -0.15) is 0 Å². The number of benzene rings is 1. The molecule has 0 aromatic heterocycles. The predicted molar refractivity (Wildman–Crippen MR) is 79.3 cm³/mol. The Hall–Kier alpha value is -1.03. The van der Waals surface area contributed by atoms with Crippen LogP contribution in [0.2, 0.25) is 0 Å². The van der Waals surface area contributed by atoms with Crippen molar-refractivity contribution in [2.45, 2.75) is 32.1 Å². The Kier molecular flexibility index (Phi) is 5.70. The van der Waals surface area contributed by atoms with E-state index in [1.54, 1.807) is 0 Å². The molecular weight excluding hydrogens is 306 g/mol. The van der Waals surface area contributed by atoms with E-state index in [0.717, 1.165) is 29.6 Å². The number of halogens is 1. The predicted octanol–water partition coefficient (Wildman–Crippen LogP) is 3.62. The molecule has 1 fully saturated rings. The Bertz CT molecular complexity index is 405. The Labute approximate surface area is 123 Å². The standard InChI is InChI=1S/C15H20BrNO2/c16-13-6-8-14(9-7-13)19-12-11-17-10-4-2-1-3-5-15(17)18/h6-9H,1-5,10-12H2. The SMILES string of the molecule is O=C1CCCCCCN1CCOc1ccc(Br)cc1. The summed E-state index contributed by atoms with van der Waals surface area (Å²) in [6.07, 6.45) is 5.26. The molecule has 1 saturated heterocycles. The molecule has 1 heterocycles. The lowest BCUT2D eigenvalue weighted by Gasteiger charge is -2.24. The topological polar surface area (TPSA) is 29.5 Å². The summed E-state index contributed by atoms with van der Waals surface area (Å²) in [4.78, 5) is 13.9. The van der Waals surface area contributed by atoms with E-state index in [2.05, 4.69) is 15.9 Å². The Morgan fingerprint density at radius 1 is 1.11 bits per heavy atom. The molecule has 0 unspecified atom stereocenters. The van der Waals surface area contributed by atoms with Crippen molar-refractivity contribution in [1.82, 2.24) is 4.90 Å². The van der Waals surface area contributed by atoms with Crippen LogP contribution in [0.4, 0.5) is 0 Å². The highest BCUT2D eigenvalue weighted by molar-refractivity contribution is 9.10. The van der Waals surface area contributed by atoms with Gasteiger partial charge in [-0.05, 0) is 37.1 Å². The number of carbonyl (C=O) groups is 1. The smallest absolute Gasteiger partial charge is 0.222 e. The third-order valence-corrected chi connectivity index (χ3v) is 3.89. The summed E-state index contributed by atoms with van der Waals surface area (Å²) >= 11 is 3.39. The minimum Gasteiger partial charge on any atom is -0.492 e. The van der Waals surface area contributed by atoms with E-state index in [1.807, 2.05) is 29.2 Å². The number of hydrogen-bond donors (Lipinski definition) is 0. The summed E-state index contributed by atoms with van der Waals surface area (Å²) in [5.41, 5.74) is 0. The quantitative estimate of drug-likeness (QED) is 0.846. The summed E-state index contributed by atoms with van der Waals surface area (Å²) in [5.74, 6) is 1.13. The summed E-state index contributed by atoms with van der Waals surface area (Å²) in [7, 11) is 0. The zero-order valence-electron chi connectivity index (χ0n) is 11.1. The number of rotatable bonds is 4. The fourth-order valence-electron chi connectivity index (χ4n) is 2.26. The van der Waals surface area contributed by atoms with Gasteiger partial charge in [0.25, 0.3) is 0 Å². The third kappa shape index (κ3) is 4.86. The second kappa shape index (κ2) is 7.53. The summed E-state index contributed by atoms with van der Waals surface area (Å²) in [6, 6.07) is 7.77. The summed E-state index contributed by atoms with van der Waals surface area (Å²) in [6.45, 7) is 2.13. The molecule has 1 amide bonds. The van der Waals surface area contributed by atoms with E-state index < -0.39 is 0 Å². The van der Waals surface area contributed by atoms with Crippen molar-refractivity contribution in [3.8, 4) is 5.75 Å². The Balaban J connectivity index is 1.77. The lowest BCUT2D eigenvalue weighted by molar-refractivity contribution is -0.132. The van der Waals surface area contributed by atoms with E-state index in [0.29, 0.717) is 19.6 Å². The maximum atomic E-state index is 11.9. The van der Waals surface area contributed by atoms with Gasteiger partial charge in [-0.25, -0.2) is 0 Å². The third-order valence-electron chi connectivity index (χ3n) is 3.36. The van der Waals surface area contributed by atoms with Gasteiger partial charge in [0.1, 0.15) is 12.4 Å². The van der Waals surface area contributed by atoms with Gasteiger partial charge in [-0.1, -0.05) is 28.8 Å². The van der Waals surface area contributed by atoms with E-state index in [-0.39, 0.29) is 5.91 Å². The highest BCUT2D eigenvalue weighted by Gasteiger charge is 2.15. The molecule has 1 aliphatic rings. The van der Waals surface area contributed by atoms with Gasteiger partial charge in [0.15, 0.2) is 0 Å². The minimum atomic E-state index is 0.277. The van der Waals surface area contributed by atoms with Crippen LogP contribution < -0.4 is 4.74 Å². The molecule has 1 aromatic rings. The van der Waals surface area contributed by atoms with Gasteiger partial charge in [-0.3, -0.25) is 4.79 Å². The monoisotopic (exact) mass is 325 g/mol. The molecule has 0 radical (unpaired) electrons. The number of ether oxygens (including phenoxy) is 1. The van der Waals surface area contributed by atoms with Crippen LogP contribution in [0.25, 0.3) is 0 Å². The summed E-state index contributed by atoms with van der Waals surface area (Å²) < 4.78 is 6.71. The molecule has 0 atom stereocenters. The Morgan fingerprint density at radius 2 is 1.84 bits per heavy atom. The fourth-order valence-corrected chi connectivity index (χ4v) is 2.52. The van der Waals surface area contributed by atoms with Crippen LogP contribution in [0.3, 0.4) is 0 Å². The minimum absolute atomic E-state index is 0.277. The van der Waals surface area contributed by atoms with Gasteiger partial charge < -0.3 is 9.64 Å². The van der Waals surface area contributed by atoms with Crippen molar-refractivity contribution in [1.29, 1.82) is 0 Å². The first-order valence-electron chi connectivity index (χ1n) is 6.92. The molecule has 0 aliphatic carbocycles. The van der Waals surface area contributed by atoms with Crippen molar-refractivity contribution in [3.05, 3.63) is 28.7 Å². The number of hydrogen-bond acceptors (Lipinski definition) is 2. The molecule has 0 saturated carbocycles. The first-order valence-corrected chi connectivity index (χ1v) is 7.71. The second-order valence-corrected chi connectivity index (χ2v) is 5.76. The van der Waals surface area contributed by atoms with Crippen LogP contribution in [-0.4, -0.2) is 30.5 Å². The van der Waals surface area contributed by atoms with Crippen molar-refractivity contribution in [2.75, 3.05) is 19.7 Å². The van der Waals surface area contributed by atoms with Crippen LogP contribution in [0.15, 0.2) is 28.7 Å². The van der Waals surface area contributed by atoms with Gasteiger partial charge in [0, 0.05) is 17.4 Å². The van der Waals surface area contributed by atoms with Crippen molar-refractivity contribution in [3.63, 3.8) is 0 Å². The highest BCUT2D eigenvalue weighted by atomic mass is 79.9. The molecule has 4 heteroatoms. The highest BCUT2D eigenvalue weighted by Crippen LogP contribution is 2.16. The number of nitrogens with zero attached hydrogens (tertiary/aromatic N) is 1. The van der Waals surface area contributed by atoms with Gasteiger partial charge in [0.2, 0.25) is 5.91 Å². The molecule has 3 nitrogen and oxygen atoms in total. The van der Waals surface area contributed by atoms with Crippen LogP contribution in [-0.2, 0) is 4.79 Å². The van der Waals surface area contributed by atoms with Crippen LogP contribution in [0, 0.1) is 0 Å². The van der Waals surface area contributed by atoms with Crippen LogP contribution in [0.1, 0.15) is 32.1 Å². The fraction of sp³-hybridized carbons (Fsp3) is 0.533. The molecular formula is C15H20BrNO2. The van der Waals surface area contributed by atoms with Gasteiger partial charge >= 0.3 is 0 Å². The molecule has 0 bridgehead atoms. The lowest BCUT2D eigenvalue weighted by Crippen LogP contribution is -2.36. The number of amides is 1. The van der Waals surface area contributed by atoms with E-state index in [9.17, 15) is 4.79 Å². The van der Waals surface area contributed by atoms with Crippen molar-refractivity contribution < 1.29 is 9.53 Å². The second-order valence-electron chi connectivity index (χ2n) is 4.85. The lowest BCUT2D eigenvalue weighted by atomic mass is 10.1. The largest absolute Gasteiger partial charge is 0.492 e. The molecule has 0 spiro atoms. The average molecular weight is 326 g/mol. The van der Waals surface area contributed by atoms with Crippen LogP contribution in [0.5, 0.6) is 5.75 Å². The molecule has 2 rings (SSSR count). The Morgan fingerprint density at radius 3 is 2.63 bits per heavy atom. The number of likely N-dealkylation sites (tertiary alicyclic amines) is 1. The maximum Gasteiger partial charge on any atom is 0.222 e. The first-order chi connectivity index (χ1) is 9.25. The summed E-state index contributed by atoms with van der Waals surface area (Å²) in [5, 5.41) is 0. The van der Waals surface area contributed by atoms with E-state index in [1.165, 1.54) is 12.8 Å². The molecule has 104 valence electrons. The van der Waals surface area contributed by atoms with Crippen LogP contribution >= 0.6 is 15.9 Å². The zero-order valence-corrected chi connectivity index (χ0v) is 12.7. The maximum absolute atomic E-state index is 11.9. The normalized spacial score (nSPS) is 16.9. The first kappa shape index (κ1) is 14.4. The van der Waals surface area contributed by atoms with E-state index in [4.69, 9.17) is 4.74 Å². The van der Waals surface area contributed by atoms with E-state index >= 15 is 0 Å². The average Bonchev–Trinajstić information content (AvgIpc) is 2.40. The number of carbonyl (C=O) groups excluding carboxylic acids is 1. The van der Waals surface area contributed by atoms with Crippen molar-refractivity contribution >= 4 is 21.8 Å². The molecule has 19 heavy (non-hydrogen) atoms.